The van der Waals surface area contributed by atoms with E-state index < -0.39 is 18.5 Å². The van der Waals surface area contributed by atoms with Gasteiger partial charge in [0.05, 0.1) is 19.0 Å². The summed E-state index contributed by atoms with van der Waals surface area (Å²) in [5.41, 5.74) is 1.06. The average molecular weight is 317 g/mol. The number of nitrogens with zero attached hydrogens (tertiary/aromatic N) is 4. The van der Waals surface area contributed by atoms with E-state index in [1.54, 1.807) is 0 Å². The number of aliphatic hydroxyl groups is 1. The topological polar surface area (TPSA) is 73.1 Å². The molecule has 18 heavy (non-hydrogen) atoms. The summed E-state index contributed by atoms with van der Waals surface area (Å²) in [6.07, 6.45) is 0.555. The van der Waals surface area contributed by atoms with Gasteiger partial charge in [-0.25, -0.2) is 19.3 Å². The van der Waals surface area contributed by atoms with Crippen molar-refractivity contribution in [2.24, 2.45) is 0 Å². The lowest BCUT2D eigenvalue weighted by atomic mass is 10.2. The highest BCUT2D eigenvalue weighted by molar-refractivity contribution is 9.10. The summed E-state index contributed by atoms with van der Waals surface area (Å²) < 4.78 is 21.4. The smallest absolute Gasteiger partial charge is 0.168 e. The Morgan fingerprint density at radius 1 is 1.50 bits per heavy atom. The van der Waals surface area contributed by atoms with Crippen molar-refractivity contribution in [3.63, 3.8) is 0 Å². The standard InChI is InChI=1S/C10H10BrFN4O2/c11-8-7-9(14-3-13-8)16(4-15-7)10-6(12)1-5(2-17)18-10/h3-6,10,17H,1-2H2/t5-,6-,10+/m0/s1. The first kappa shape index (κ1) is 11.9. The number of hydrogen-bond donors (Lipinski definition) is 1. The van der Waals surface area contributed by atoms with Crippen LogP contribution in [0.15, 0.2) is 17.3 Å². The van der Waals surface area contributed by atoms with Crippen molar-refractivity contribution in [1.29, 1.82) is 0 Å². The molecule has 0 saturated carbocycles. The van der Waals surface area contributed by atoms with Gasteiger partial charge in [0.2, 0.25) is 0 Å². The summed E-state index contributed by atoms with van der Waals surface area (Å²) in [5.74, 6) is 0. The SMILES string of the molecule is OC[C@@H]1C[C@H](F)[C@H](n2cnc3c(Br)ncnc32)O1. The molecule has 1 aliphatic heterocycles. The van der Waals surface area contributed by atoms with E-state index in [2.05, 4.69) is 30.9 Å². The molecule has 6 nitrogen and oxygen atoms in total. The molecule has 0 aromatic carbocycles. The van der Waals surface area contributed by atoms with Crippen LogP contribution in [0.4, 0.5) is 4.39 Å². The highest BCUT2D eigenvalue weighted by Gasteiger charge is 2.37. The van der Waals surface area contributed by atoms with E-state index in [1.165, 1.54) is 17.2 Å². The third-order valence-electron chi connectivity index (χ3n) is 2.92. The summed E-state index contributed by atoms with van der Waals surface area (Å²) in [6, 6.07) is 0. The molecule has 8 heteroatoms. The van der Waals surface area contributed by atoms with Gasteiger partial charge in [-0.1, -0.05) is 0 Å². The van der Waals surface area contributed by atoms with Gasteiger partial charge in [-0.2, -0.15) is 0 Å². The lowest BCUT2D eigenvalue weighted by Gasteiger charge is -2.15. The Morgan fingerprint density at radius 2 is 2.33 bits per heavy atom. The highest BCUT2D eigenvalue weighted by Crippen LogP contribution is 2.33. The van der Waals surface area contributed by atoms with Crippen molar-refractivity contribution in [3.05, 3.63) is 17.3 Å². The lowest BCUT2D eigenvalue weighted by molar-refractivity contribution is -0.0351. The van der Waals surface area contributed by atoms with Gasteiger partial charge in [-0.05, 0) is 15.9 Å². The van der Waals surface area contributed by atoms with Crippen LogP contribution in [0.5, 0.6) is 0 Å². The number of halogens is 2. The summed E-state index contributed by atoms with van der Waals surface area (Å²) in [6.45, 7) is -0.192. The number of rotatable bonds is 2. The molecular weight excluding hydrogens is 307 g/mol. The van der Waals surface area contributed by atoms with Crippen LogP contribution in [0.1, 0.15) is 12.6 Å². The van der Waals surface area contributed by atoms with E-state index in [4.69, 9.17) is 9.84 Å². The van der Waals surface area contributed by atoms with Gasteiger partial charge in [0.25, 0.3) is 0 Å². The van der Waals surface area contributed by atoms with Crippen LogP contribution in [-0.2, 0) is 4.74 Å². The molecule has 0 amide bonds. The summed E-state index contributed by atoms with van der Waals surface area (Å²) >= 11 is 3.26. The fraction of sp³-hybridized carbons (Fsp3) is 0.500. The lowest BCUT2D eigenvalue weighted by Crippen LogP contribution is -2.16. The molecule has 0 unspecified atom stereocenters. The van der Waals surface area contributed by atoms with Crippen LogP contribution in [0.2, 0.25) is 0 Å². The van der Waals surface area contributed by atoms with Crippen molar-refractivity contribution in [2.75, 3.05) is 6.61 Å². The fourth-order valence-electron chi connectivity index (χ4n) is 2.07. The Bertz CT molecular complexity index is 578. The molecule has 96 valence electrons. The number of aliphatic hydroxyl groups excluding tert-OH is 1. The monoisotopic (exact) mass is 316 g/mol. The number of aromatic nitrogens is 4. The third-order valence-corrected chi connectivity index (χ3v) is 3.50. The third kappa shape index (κ3) is 1.80. The van der Waals surface area contributed by atoms with E-state index in [0.717, 1.165) is 0 Å². The van der Waals surface area contributed by atoms with Gasteiger partial charge in [0.1, 0.15) is 22.6 Å². The van der Waals surface area contributed by atoms with Gasteiger partial charge in [0.15, 0.2) is 11.9 Å². The molecule has 2 aromatic rings. The van der Waals surface area contributed by atoms with Crippen LogP contribution >= 0.6 is 15.9 Å². The van der Waals surface area contributed by atoms with Crippen LogP contribution in [0.25, 0.3) is 11.2 Å². The van der Waals surface area contributed by atoms with Gasteiger partial charge in [-0.15, -0.1) is 0 Å². The normalized spacial score (nSPS) is 28.1. The van der Waals surface area contributed by atoms with Gasteiger partial charge in [0, 0.05) is 6.42 Å². The zero-order valence-corrected chi connectivity index (χ0v) is 10.8. The molecule has 1 aliphatic rings. The molecule has 3 atom stereocenters. The minimum atomic E-state index is -1.19. The molecule has 1 fully saturated rings. The second kappa shape index (κ2) is 4.52. The maximum absolute atomic E-state index is 13.9. The second-order valence-electron chi connectivity index (χ2n) is 4.07. The van der Waals surface area contributed by atoms with Crippen LogP contribution in [0, 0.1) is 0 Å². The average Bonchev–Trinajstić information content (AvgIpc) is 2.93. The fourth-order valence-corrected chi connectivity index (χ4v) is 2.44. The van der Waals surface area contributed by atoms with E-state index in [9.17, 15) is 4.39 Å². The van der Waals surface area contributed by atoms with Gasteiger partial charge in [-0.3, -0.25) is 4.57 Å². The summed E-state index contributed by atoms with van der Waals surface area (Å²) in [7, 11) is 0. The maximum atomic E-state index is 13.9. The molecule has 0 spiro atoms. The van der Waals surface area contributed by atoms with Crippen molar-refractivity contribution in [1.82, 2.24) is 19.5 Å². The van der Waals surface area contributed by atoms with Crippen molar-refractivity contribution in [3.8, 4) is 0 Å². The van der Waals surface area contributed by atoms with E-state index in [1.807, 2.05) is 0 Å². The molecule has 0 aliphatic carbocycles. The number of imidazole rings is 1. The first-order valence-electron chi connectivity index (χ1n) is 5.44. The van der Waals surface area contributed by atoms with Gasteiger partial charge >= 0.3 is 0 Å². The molecule has 1 saturated heterocycles. The van der Waals surface area contributed by atoms with Crippen LogP contribution < -0.4 is 0 Å². The number of fused-ring (bicyclic) bond motifs is 1. The Labute approximate surface area is 110 Å². The predicted molar refractivity (Wildman–Crippen MR) is 63.5 cm³/mol. The first-order chi connectivity index (χ1) is 8.70. The second-order valence-corrected chi connectivity index (χ2v) is 4.82. The molecule has 2 aromatic heterocycles. The van der Waals surface area contributed by atoms with E-state index in [0.29, 0.717) is 15.8 Å². The predicted octanol–water partition coefficient (Wildman–Crippen LogP) is 1.21. The van der Waals surface area contributed by atoms with Crippen molar-refractivity contribution < 1.29 is 14.2 Å². The minimum Gasteiger partial charge on any atom is -0.394 e. The van der Waals surface area contributed by atoms with Gasteiger partial charge < -0.3 is 9.84 Å². The molecule has 0 bridgehead atoms. The Kier molecular flexibility index (Phi) is 3.00. The van der Waals surface area contributed by atoms with Crippen LogP contribution in [0.3, 0.4) is 0 Å². The highest BCUT2D eigenvalue weighted by atomic mass is 79.9. The Balaban J connectivity index is 2.02. The minimum absolute atomic E-state index is 0.174. The Morgan fingerprint density at radius 3 is 3.06 bits per heavy atom. The molecule has 3 rings (SSSR count). The number of alkyl halides is 1. The molecule has 0 radical (unpaired) electrons. The largest absolute Gasteiger partial charge is 0.394 e. The maximum Gasteiger partial charge on any atom is 0.168 e. The van der Waals surface area contributed by atoms with E-state index in [-0.39, 0.29) is 13.0 Å². The molecule has 3 heterocycles. The van der Waals surface area contributed by atoms with E-state index >= 15 is 0 Å². The number of ether oxygens (including phenoxy) is 1. The molecular formula is C10H10BrFN4O2. The number of hydrogen-bond acceptors (Lipinski definition) is 5. The quantitative estimate of drug-likeness (QED) is 0.843. The molecule has 1 N–H and O–H groups in total. The zero-order chi connectivity index (χ0) is 12.7. The van der Waals surface area contributed by atoms with Crippen molar-refractivity contribution in [2.45, 2.75) is 24.9 Å². The van der Waals surface area contributed by atoms with Crippen molar-refractivity contribution >= 4 is 27.1 Å². The summed E-state index contributed by atoms with van der Waals surface area (Å²) in [5, 5.41) is 9.01. The summed E-state index contributed by atoms with van der Waals surface area (Å²) in [4.78, 5) is 12.2. The van der Waals surface area contributed by atoms with Crippen LogP contribution in [-0.4, -0.2) is 43.5 Å². The first-order valence-corrected chi connectivity index (χ1v) is 6.23. The Hall–Kier alpha value is -1.12. The zero-order valence-electron chi connectivity index (χ0n) is 9.20.